The number of hydrogen-bond acceptors (Lipinski definition) is 4. The van der Waals surface area contributed by atoms with Gasteiger partial charge in [0.05, 0.1) is 6.42 Å². The Morgan fingerprint density at radius 2 is 1.75 bits per heavy atom. The van der Waals surface area contributed by atoms with Crippen LogP contribution in [0.3, 0.4) is 0 Å². The molecule has 0 amide bonds. The van der Waals surface area contributed by atoms with Crippen LogP contribution in [0.1, 0.15) is 13.3 Å². The van der Waals surface area contributed by atoms with E-state index in [-0.39, 0.29) is 0 Å². The van der Waals surface area contributed by atoms with Crippen molar-refractivity contribution in [3.05, 3.63) is 0 Å². The van der Waals surface area contributed by atoms with Crippen molar-refractivity contribution in [3.8, 4) is 0 Å². The molecule has 0 spiro atoms. The van der Waals surface area contributed by atoms with Crippen LogP contribution in [0.25, 0.3) is 0 Å². The maximum absolute atomic E-state index is 12.7. The average Bonchev–Trinajstić information content (AvgIpc) is 2.18. The van der Waals surface area contributed by atoms with E-state index in [1.54, 1.807) is 0 Å². The SMILES string of the molecule is COC(OC)(C(C)CC(=O)OCl)C(F)(F)F. The summed E-state index contributed by atoms with van der Waals surface area (Å²) in [5.74, 6) is -5.14. The van der Waals surface area contributed by atoms with Crippen LogP contribution in [0, 0.1) is 5.92 Å². The Balaban J connectivity index is 4.98. The minimum atomic E-state index is -4.78. The summed E-state index contributed by atoms with van der Waals surface area (Å²) in [6.07, 6.45) is -5.35. The Bertz CT molecular complexity index is 240. The molecule has 0 bridgehead atoms. The Kier molecular flexibility index (Phi) is 5.51. The summed E-state index contributed by atoms with van der Waals surface area (Å²) >= 11 is 4.73. The maximum atomic E-state index is 12.7. The lowest BCUT2D eigenvalue weighted by Crippen LogP contribution is -2.54. The fourth-order valence-electron chi connectivity index (χ4n) is 1.41. The molecule has 0 aromatic rings. The van der Waals surface area contributed by atoms with Crippen LogP contribution in [0.5, 0.6) is 0 Å². The van der Waals surface area contributed by atoms with Crippen molar-refractivity contribution < 1.29 is 31.7 Å². The number of hydrogen-bond donors (Lipinski definition) is 0. The van der Waals surface area contributed by atoms with Crippen LogP contribution in [0.15, 0.2) is 0 Å². The van der Waals surface area contributed by atoms with Gasteiger partial charge in [-0.05, 0) is 0 Å². The van der Waals surface area contributed by atoms with E-state index in [0.717, 1.165) is 21.1 Å². The highest BCUT2D eigenvalue weighted by atomic mass is 35.5. The molecule has 0 rings (SSSR count). The fourth-order valence-corrected chi connectivity index (χ4v) is 1.48. The van der Waals surface area contributed by atoms with Gasteiger partial charge in [0.25, 0.3) is 5.79 Å². The van der Waals surface area contributed by atoms with Gasteiger partial charge in [0.1, 0.15) is 11.9 Å². The van der Waals surface area contributed by atoms with Gasteiger partial charge in [-0.15, -0.1) is 0 Å². The van der Waals surface area contributed by atoms with Gasteiger partial charge in [-0.1, -0.05) is 6.92 Å². The van der Waals surface area contributed by atoms with Crippen LogP contribution in [-0.4, -0.2) is 32.2 Å². The van der Waals surface area contributed by atoms with E-state index in [9.17, 15) is 18.0 Å². The molecule has 1 unspecified atom stereocenters. The second-order valence-electron chi connectivity index (χ2n) is 3.13. The number of rotatable bonds is 5. The summed E-state index contributed by atoms with van der Waals surface area (Å²) in [6.45, 7) is 1.15. The molecule has 96 valence electrons. The molecule has 0 radical (unpaired) electrons. The van der Waals surface area contributed by atoms with E-state index in [2.05, 4.69) is 13.8 Å². The predicted molar refractivity (Wildman–Crippen MR) is 48.5 cm³/mol. The fraction of sp³-hybridized carbons (Fsp3) is 0.875. The third-order valence-corrected chi connectivity index (χ3v) is 2.38. The van der Waals surface area contributed by atoms with Crippen molar-refractivity contribution in [2.45, 2.75) is 25.3 Å². The molecule has 8 heteroatoms. The first kappa shape index (κ1) is 15.5. The van der Waals surface area contributed by atoms with Gasteiger partial charge in [-0.2, -0.15) is 13.2 Å². The molecule has 1 atom stereocenters. The summed E-state index contributed by atoms with van der Waals surface area (Å²) in [5.41, 5.74) is 0. The molecule has 0 N–H and O–H groups in total. The Labute approximate surface area is 95.8 Å². The summed E-state index contributed by atoms with van der Waals surface area (Å²) in [6, 6.07) is 0. The summed E-state index contributed by atoms with van der Waals surface area (Å²) in [4.78, 5) is 10.8. The molecule has 0 aromatic heterocycles. The van der Waals surface area contributed by atoms with Crippen molar-refractivity contribution in [1.29, 1.82) is 0 Å². The molecule has 0 aliphatic heterocycles. The Hall–Kier alpha value is -0.530. The van der Waals surface area contributed by atoms with Gasteiger partial charge in [0.15, 0.2) is 0 Å². The van der Waals surface area contributed by atoms with Gasteiger partial charge in [0.2, 0.25) is 0 Å². The maximum Gasteiger partial charge on any atom is 0.443 e. The Morgan fingerprint density at radius 3 is 2.00 bits per heavy atom. The molecule has 0 saturated carbocycles. The number of ether oxygens (including phenoxy) is 2. The Morgan fingerprint density at radius 1 is 1.31 bits per heavy atom. The van der Waals surface area contributed by atoms with Crippen LogP contribution in [0.4, 0.5) is 13.2 Å². The predicted octanol–water partition coefficient (Wildman–Crippen LogP) is 2.26. The number of alkyl halides is 3. The molecule has 0 aliphatic rings. The minimum absolute atomic E-state index is 0.579. The zero-order valence-corrected chi connectivity index (χ0v) is 9.69. The van der Waals surface area contributed by atoms with Crippen molar-refractivity contribution >= 4 is 17.8 Å². The van der Waals surface area contributed by atoms with Crippen molar-refractivity contribution in [2.75, 3.05) is 14.2 Å². The van der Waals surface area contributed by atoms with E-state index in [0.29, 0.717) is 0 Å². The molecule has 0 aliphatic carbocycles. The van der Waals surface area contributed by atoms with Crippen LogP contribution < -0.4 is 0 Å². The van der Waals surface area contributed by atoms with Gasteiger partial charge in [-0.3, -0.25) is 4.79 Å². The van der Waals surface area contributed by atoms with E-state index >= 15 is 0 Å². The second-order valence-corrected chi connectivity index (χ2v) is 3.28. The monoisotopic (exact) mass is 264 g/mol. The largest absolute Gasteiger partial charge is 0.443 e. The lowest BCUT2D eigenvalue weighted by Gasteiger charge is -2.37. The van der Waals surface area contributed by atoms with Gasteiger partial charge < -0.3 is 13.8 Å². The van der Waals surface area contributed by atoms with Crippen molar-refractivity contribution in [3.63, 3.8) is 0 Å². The van der Waals surface area contributed by atoms with E-state index in [1.165, 1.54) is 0 Å². The molecule has 16 heavy (non-hydrogen) atoms. The first-order valence-electron chi connectivity index (χ1n) is 4.23. The zero-order chi connectivity index (χ0) is 13.0. The number of carbonyl (C=O) groups excluding carboxylic acids is 1. The van der Waals surface area contributed by atoms with Crippen LogP contribution in [-0.2, 0) is 18.6 Å². The normalized spacial score (nSPS) is 14.7. The summed E-state index contributed by atoms with van der Waals surface area (Å²) < 4.78 is 50.7. The highest BCUT2D eigenvalue weighted by Crippen LogP contribution is 2.41. The molecular formula is C8H12ClF3O4. The van der Waals surface area contributed by atoms with Crippen LogP contribution in [0.2, 0.25) is 0 Å². The van der Waals surface area contributed by atoms with E-state index in [4.69, 9.17) is 11.9 Å². The minimum Gasteiger partial charge on any atom is -0.348 e. The van der Waals surface area contributed by atoms with E-state index < -0.39 is 30.3 Å². The van der Waals surface area contributed by atoms with Crippen molar-refractivity contribution in [1.82, 2.24) is 0 Å². The molecule has 0 heterocycles. The quantitative estimate of drug-likeness (QED) is 0.715. The first-order valence-corrected chi connectivity index (χ1v) is 4.54. The first-order chi connectivity index (χ1) is 7.25. The lowest BCUT2D eigenvalue weighted by atomic mass is 9.96. The summed E-state index contributed by atoms with van der Waals surface area (Å²) in [5, 5.41) is 0. The average molecular weight is 265 g/mol. The van der Waals surface area contributed by atoms with Crippen molar-refractivity contribution in [2.24, 2.45) is 5.92 Å². The van der Waals surface area contributed by atoms with E-state index in [1.807, 2.05) is 0 Å². The van der Waals surface area contributed by atoms with Gasteiger partial charge >= 0.3 is 12.1 Å². The topological polar surface area (TPSA) is 44.8 Å². The second kappa shape index (κ2) is 5.70. The molecule has 0 aromatic carbocycles. The molecule has 4 nitrogen and oxygen atoms in total. The third-order valence-electron chi connectivity index (χ3n) is 2.21. The highest BCUT2D eigenvalue weighted by Gasteiger charge is 2.60. The smallest absolute Gasteiger partial charge is 0.348 e. The van der Waals surface area contributed by atoms with Crippen LogP contribution >= 0.6 is 11.9 Å². The number of carbonyl (C=O) groups is 1. The molecular weight excluding hydrogens is 253 g/mol. The van der Waals surface area contributed by atoms with Gasteiger partial charge in [0, 0.05) is 20.1 Å². The highest BCUT2D eigenvalue weighted by molar-refractivity contribution is 6.13. The summed E-state index contributed by atoms with van der Waals surface area (Å²) in [7, 11) is 1.69. The van der Waals surface area contributed by atoms with Gasteiger partial charge in [-0.25, -0.2) is 0 Å². The molecule has 0 saturated heterocycles. The third kappa shape index (κ3) is 2.99. The molecule has 0 fully saturated rings. The zero-order valence-electron chi connectivity index (χ0n) is 8.93. The standard InChI is InChI=1S/C8H12ClF3O4/c1-5(4-6(13)16-9)7(14-2,15-3)8(10,11)12/h5H,4H2,1-3H3. The number of methoxy groups -OCH3 is 2. The lowest BCUT2D eigenvalue weighted by molar-refractivity contribution is -0.385. The number of halogens is 4.